The molecule has 0 aliphatic heterocycles. The van der Waals surface area contributed by atoms with E-state index in [0.717, 1.165) is 33.6 Å². The lowest BCUT2D eigenvalue weighted by Gasteiger charge is -2.26. The van der Waals surface area contributed by atoms with Crippen LogP contribution in [0.15, 0.2) is 241 Å². The lowest BCUT2D eigenvalue weighted by atomic mass is 9.91. The van der Waals surface area contributed by atoms with Gasteiger partial charge in [0, 0.05) is 27.8 Å². The molecule has 0 atom stereocenters. The highest BCUT2D eigenvalue weighted by Crippen LogP contribution is 2.43. The molecule has 0 amide bonds. The summed E-state index contributed by atoms with van der Waals surface area (Å²) in [7, 11) is 0. The maximum absolute atomic E-state index is 10.0. The van der Waals surface area contributed by atoms with Crippen LogP contribution in [0.2, 0.25) is 0 Å². The van der Waals surface area contributed by atoms with Crippen molar-refractivity contribution in [3.8, 4) is 55.6 Å². The maximum Gasteiger partial charge on any atom is 0.136 e. The van der Waals surface area contributed by atoms with Crippen molar-refractivity contribution < 1.29 is 27.7 Å². The molecule has 0 aliphatic carbocycles. The third kappa shape index (κ3) is 6.51. The largest absolute Gasteiger partial charge is 0.456 e. The van der Waals surface area contributed by atoms with Crippen molar-refractivity contribution in [3.05, 3.63) is 236 Å². The standard InChI is InChI=1S/C58H39NO/c1-4-12-40(13-5-1)43-20-22-47(23-21-43)54-39-57-58(53-18-10-11-19-56(53)60-57)55-38-48(30-37-52(54)55)46-28-35-51(36-29-46)59(49-31-24-44(25-32-49)41-14-6-2-7-15-41)50-33-26-45(27-34-50)42-16-8-3-9-17-42/h1-39H/i1D,4D,5D,10D,11D,12D,13D,18D,19D,20D,21D,22D,23D,30D,37D,38D,39D. The van der Waals surface area contributed by atoms with Crippen LogP contribution in [0.1, 0.15) is 23.3 Å². The third-order valence-corrected chi connectivity index (χ3v) is 10.4. The van der Waals surface area contributed by atoms with E-state index < -0.39 is 136 Å². The highest BCUT2D eigenvalue weighted by Gasteiger charge is 2.18. The minimum absolute atomic E-state index is 0.0868. The summed E-state index contributed by atoms with van der Waals surface area (Å²) in [6.45, 7) is 0. The zero-order valence-corrected chi connectivity index (χ0v) is 31.6. The van der Waals surface area contributed by atoms with E-state index in [0.29, 0.717) is 11.3 Å². The van der Waals surface area contributed by atoms with E-state index in [1.54, 1.807) is 24.3 Å². The lowest BCUT2D eigenvalue weighted by Crippen LogP contribution is -2.09. The second-order valence-corrected chi connectivity index (χ2v) is 14.0. The van der Waals surface area contributed by atoms with E-state index in [-0.39, 0.29) is 27.1 Å². The van der Waals surface area contributed by atoms with Gasteiger partial charge in [-0.25, -0.2) is 0 Å². The quantitative estimate of drug-likeness (QED) is 0.153. The van der Waals surface area contributed by atoms with E-state index in [1.165, 1.54) is 0 Å². The molecular formula is C58H39NO. The van der Waals surface area contributed by atoms with Crippen LogP contribution >= 0.6 is 0 Å². The number of rotatable bonds is 8. The second-order valence-electron chi connectivity index (χ2n) is 14.0. The van der Waals surface area contributed by atoms with Crippen LogP contribution in [0.4, 0.5) is 17.1 Å². The number of para-hydroxylation sites is 1. The zero-order chi connectivity index (χ0) is 54.6. The summed E-state index contributed by atoms with van der Waals surface area (Å²) in [5, 5.41) is -1.03. The van der Waals surface area contributed by atoms with Gasteiger partial charge >= 0.3 is 0 Å². The van der Waals surface area contributed by atoms with Gasteiger partial charge < -0.3 is 9.32 Å². The molecule has 0 unspecified atom stereocenters. The smallest absolute Gasteiger partial charge is 0.136 e. The Morgan fingerprint density at radius 2 is 0.783 bits per heavy atom. The highest BCUT2D eigenvalue weighted by atomic mass is 16.3. The van der Waals surface area contributed by atoms with Crippen LogP contribution in [0.5, 0.6) is 0 Å². The van der Waals surface area contributed by atoms with Crippen LogP contribution in [-0.2, 0) is 0 Å². The molecule has 2 heteroatoms. The van der Waals surface area contributed by atoms with Crippen molar-refractivity contribution in [2.24, 2.45) is 0 Å². The van der Waals surface area contributed by atoms with Crippen molar-refractivity contribution in [1.82, 2.24) is 0 Å². The van der Waals surface area contributed by atoms with Crippen LogP contribution in [0.3, 0.4) is 0 Å². The first kappa shape index (κ1) is 21.7. The van der Waals surface area contributed by atoms with Gasteiger partial charge in [0.25, 0.3) is 0 Å². The monoisotopic (exact) mass is 782 g/mol. The summed E-state index contributed by atoms with van der Waals surface area (Å²) >= 11 is 0. The van der Waals surface area contributed by atoms with E-state index >= 15 is 0 Å². The first-order valence-electron chi connectivity index (χ1n) is 27.6. The Kier molecular flexibility index (Phi) is 5.46. The number of nitrogens with zero attached hydrogens (tertiary/aromatic N) is 1. The summed E-state index contributed by atoms with van der Waals surface area (Å²) < 4.78 is 159. The lowest BCUT2D eigenvalue weighted by molar-refractivity contribution is 0.669. The van der Waals surface area contributed by atoms with Crippen LogP contribution in [-0.4, -0.2) is 0 Å². The molecule has 0 N–H and O–H groups in total. The summed E-state index contributed by atoms with van der Waals surface area (Å²) in [4.78, 5) is 2.05. The van der Waals surface area contributed by atoms with Gasteiger partial charge in [0.1, 0.15) is 11.2 Å². The molecule has 1 aromatic heterocycles. The SMILES string of the molecule is [2H]c1c([2H])c([2H])c(-c2c([2H])c([2H])c(-c3c([2H])c4oc5c([2H])c([2H])c([2H])c([2H])c5c4c4c([2H])c(-c5ccc(N(c6ccc(-c7ccccc7)cc6)c6ccc(-c7ccccc7)cc6)cc5)c([2H])c([2H])c34)c([2H])c2[2H])c([2H])c1[2H]. The van der Waals surface area contributed by atoms with E-state index in [9.17, 15) is 11.0 Å². The number of hydrogen-bond donors (Lipinski definition) is 0. The molecule has 0 aliphatic rings. The molecule has 11 aromatic rings. The van der Waals surface area contributed by atoms with Crippen LogP contribution in [0, 0.1) is 0 Å². The molecular weight excluding hydrogens is 727 g/mol. The Bertz CT molecular complexity index is 4120. The Labute approximate surface area is 373 Å². The summed E-state index contributed by atoms with van der Waals surface area (Å²) in [5.74, 6) is 0. The van der Waals surface area contributed by atoms with Crippen molar-refractivity contribution in [2.45, 2.75) is 0 Å². The molecule has 10 aromatic carbocycles. The Morgan fingerprint density at radius 1 is 0.317 bits per heavy atom. The molecule has 60 heavy (non-hydrogen) atoms. The average molecular weight is 783 g/mol. The molecule has 0 radical (unpaired) electrons. The van der Waals surface area contributed by atoms with Crippen molar-refractivity contribution in [3.63, 3.8) is 0 Å². The van der Waals surface area contributed by atoms with Gasteiger partial charge in [-0.1, -0.05) is 182 Å². The fourth-order valence-corrected chi connectivity index (χ4v) is 7.46. The Morgan fingerprint density at radius 3 is 1.37 bits per heavy atom. The summed E-state index contributed by atoms with van der Waals surface area (Å²) in [6, 6.07) is 31.0. The molecule has 0 saturated carbocycles. The fourth-order valence-electron chi connectivity index (χ4n) is 7.46. The Balaban J connectivity index is 1.15. The van der Waals surface area contributed by atoms with E-state index in [2.05, 4.69) is 0 Å². The van der Waals surface area contributed by atoms with Gasteiger partial charge in [-0.3, -0.25) is 0 Å². The summed E-state index contributed by atoms with van der Waals surface area (Å²) in [5.41, 5.74) is 3.49. The van der Waals surface area contributed by atoms with Gasteiger partial charge in [0.15, 0.2) is 0 Å². The zero-order valence-electron chi connectivity index (χ0n) is 48.6. The molecule has 0 bridgehead atoms. The van der Waals surface area contributed by atoms with Crippen LogP contribution < -0.4 is 4.90 Å². The minimum atomic E-state index is -0.856. The molecule has 1 heterocycles. The maximum atomic E-state index is 10.0. The third-order valence-electron chi connectivity index (χ3n) is 10.4. The first-order valence-corrected chi connectivity index (χ1v) is 19.1. The number of benzene rings is 10. The predicted octanol–water partition coefficient (Wildman–Crippen LogP) is 16.5. The van der Waals surface area contributed by atoms with E-state index in [4.69, 9.17) is 16.8 Å². The first-order chi connectivity index (χ1) is 36.8. The van der Waals surface area contributed by atoms with Crippen molar-refractivity contribution >= 4 is 49.8 Å². The number of anilines is 3. The number of furan rings is 1. The van der Waals surface area contributed by atoms with Gasteiger partial charge in [-0.2, -0.15) is 0 Å². The van der Waals surface area contributed by atoms with Crippen LogP contribution in [0.25, 0.3) is 88.3 Å². The summed E-state index contributed by atoms with van der Waals surface area (Å²) in [6.07, 6.45) is 0. The molecule has 0 saturated heterocycles. The van der Waals surface area contributed by atoms with E-state index in [1.807, 2.05) is 114 Å². The molecule has 11 rings (SSSR count). The number of fused-ring (bicyclic) bond motifs is 5. The normalized spacial score (nSPS) is 15.3. The predicted molar refractivity (Wildman–Crippen MR) is 253 cm³/mol. The Hall–Kier alpha value is -7.94. The minimum Gasteiger partial charge on any atom is -0.456 e. The van der Waals surface area contributed by atoms with Gasteiger partial charge in [-0.05, 0) is 121 Å². The molecule has 0 fully saturated rings. The van der Waals surface area contributed by atoms with Crippen molar-refractivity contribution in [2.75, 3.05) is 4.90 Å². The molecule has 282 valence electrons. The second kappa shape index (κ2) is 15.1. The highest BCUT2D eigenvalue weighted by molar-refractivity contribution is 6.22. The van der Waals surface area contributed by atoms with Gasteiger partial charge in [-0.15, -0.1) is 0 Å². The topological polar surface area (TPSA) is 16.4 Å². The van der Waals surface area contributed by atoms with Crippen molar-refractivity contribution in [1.29, 1.82) is 0 Å². The van der Waals surface area contributed by atoms with Gasteiger partial charge in [0.05, 0.1) is 23.3 Å². The fraction of sp³-hybridized carbons (Fsp3) is 0. The number of hydrogen-bond acceptors (Lipinski definition) is 2. The average Bonchev–Trinajstić information content (AvgIpc) is 3.91. The molecule has 0 spiro atoms. The van der Waals surface area contributed by atoms with Gasteiger partial charge in [0.2, 0.25) is 0 Å². The molecule has 2 nitrogen and oxygen atoms in total.